The molecule has 3 heterocycles. The number of morpholine rings is 1. The predicted molar refractivity (Wildman–Crippen MR) is 98.0 cm³/mol. The second-order valence-electron chi connectivity index (χ2n) is 6.51. The molecule has 6 nitrogen and oxygen atoms in total. The molecule has 2 aliphatic heterocycles. The van der Waals surface area contributed by atoms with Crippen LogP contribution in [0.1, 0.15) is 18.4 Å². The predicted octanol–water partition coefficient (Wildman–Crippen LogP) is 2.73. The largest absolute Gasteiger partial charge is 0.378 e. The van der Waals surface area contributed by atoms with Crippen molar-refractivity contribution >= 4 is 17.7 Å². The maximum atomic E-state index is 13.9. The van der Waals surface area contributed by atoms with E-state index >= 15 is 0 Å². The third-order valence-electron chi connectivity index (χ3n) is 4.72. The van der Waals surface area contributed by atoms with Crippen LogP contribution in [0.3, 0.4) is 0 Å². The van der Waals surface area contributed by atoms with Crippen molar-refractivity contribution in [3.05, 3.63) is 35.6 Å². The van der Waals surface area contributed by atoms with Crippen molar-refractivity contribution in [1.82, 2.24) is 14.8 Å². The highest BCUT2D eigenvalue weighted by Gasteiger charge is 2.25. The summed E-state index contributed by atoms with van der Waals surface area (Å²) in [6, 6.07) is 6.87. The van der Waals surface area contributed by atoms with Gasteiger partial charge in [-0.15, -0.1) is 10.2 Å². The van der Waals surface area contributed by atoms with E-state index in [1.165, 1.54) is 17.8 Å². The van der Waals surface area contributed by atoms with Crippen molar-refractivity contribution in [2.24, 2.45) is 0 Å². The fourth-order valence-corrected chi connectivity index (χ4v) is 4.22. The molecule has 2 saturated heterocycles. The normalized spacial score (nSPS) is 20.7. The maximum Gasteiger partial charge on any atom is 0.228 e. The maximum absolute atomic E-state index is 13.9. The molecule has 0 spiro atoms. The summed E-state index contributed by atoms with van der Waals surface area (Å²) in [7, 11) is 0. The topological polar surface area (TPSA) is 52.4 Å². The molecule has 4 rings (SSSR count). The van der Waals surface area contributed by atoms with Gasteiger partial charge in [-0.1, -0.05) is 30.0 Å². The minimum absolute atomic E-state index is 0.182. The van der Waals surface area contributed by atoms with Crippen molar-refractivity contribution in [3.8, 4) is 0 Å². The Morgan fingerprint density at radius 3 is 2.77 bits per heavy atom. The van der Waals surface area contributed by atoms with Gasteiger partial charge in [-0.25, -0.2) is 4.39 Å². The third kappa shape index (κ3) is 4.02. The van der Waals surface area contributed by atoms with E-state index in [0.717, 1.165) is 50.2 Å². The van der Waals surface area contributed by atoms with E-state index < -0.39 is 0 Å². The van der Waals surface area contributed by atoms with Gasteiger partial charge in [-0.3, -0.25) is 4.57 Å². The first-order valence-corrected chi connectivity index (χ1v) is 10.0. The Kier molecular flexibility index (Phi) is 5.72. The number of thioether (sulfide) groups is 1. The lowest BCUT2D eigenvalue weighted by atomic mass is 10.2. The quantitative estimate of drug-likeness (QED) is 0.721. The van der Waals surface area contributed by atoms with Crippen LogP contribution >= 0.6 is 11.8 Å². The van der Waals surface area contributed by atoms with Gasteiger partial charge >= 0.3 is 0 Å². The molecule has 0 bridgehead atoms. The number of nitrogens with zero attached hydrogens (tertiary/aromatic N) is 4. The highest BCUT2D eigenvalue weighted by Crippen LogP contribution is 2.28. The Morgan fingerprint density at radius 1 is 1.15 bits per heavy atom. The Hall–Kier alpha value is -1.64. The summed E-state index contributed by atoms with van der Waals surface area (Å²) in [6.07, 6.45) is 2.34. The molecule has 2 aliphatic rings. The summed E-state index contributed by atoms with van der Waals surface area (Å²) < 4.78 is 27.3. The Bertz CT molecular complexity index is 730. The molecule has 0 N–H and O–H groups in total. The molecule has 0 radical (unpaired) electrons. The SMILES string of the molecule is Fc1ccccc1CSc1nnc(N2CCOCC2)n1CC1CCCO1. The standard InChI is InChI=1S/C18H23FN4O2S/c19-16-6-2-1-4-14(16)13-26-18-21-20-17(22-7-10-24-11-8-22)23(18)12-15-5-3-9-25-15/h1-2,4,6,15H,3,5,7-13H2. The molecule has 0 saturated carbocycles. The summed E-state index contributed by atoms with van der Waals surface area (Å²) in [5, 5.41) is 9.63. The van der Waals surface area contributed by atoms with Crippen LogP contribution in [0.15, 0.2) is 29.4 Å². The van der Waals surface area contributed by atoms with Gasteiger partial charge in [0.25, 0.3) is 0 Å². The van der Waals surface area contributed by atoms with Crippen molar-refractivity contribution in [3.63, 3.8) is 0 Å². The fourth-order valence-electron chi connectivity index (χ4n) is 3.29. The lowest BCUT2D eigenvalue weighted by Gasteiger charge is -2.28. The van der Waals surface area contributed by atoms with E-state index in [9.17, 15) is 4.39 Å². The molecule has 26 heavy (non-hydrogen) atoms. The number of hydrogen-bond acceptors (Lipinski definition) is 6. The summed E-state index contributed by atoms with van der Waals surface area (Å²) in [5.41, 5.74) is 0.678. The molecule has 1 aromatic heterocycles. The summed E-state index contributed by atoms with van der Waals surface area (Å²) in [4.78, 5) is 2.21. The Labute approximate surface area is 156 Å². The van der Waals surface area contributed by atoms with Crippen LogP contribution in [-0.4, -0.2) is 53.8 Å². The molecule has 1 unspecified atom stereocenters. The van der Waals surface area contributed by atoms with Gasteiger partial charge < -0.3 is 14.4 Å². The average molecular weight is 378 g/mol. The van der Waals surface area contributed by atoms with E-state index in [0.29, 0.717) is 24.5 Å². The van der Waals surface area contributed by atoms with Crippen LogP contribution in [0.2, 0.25) is 0 Å². The molecule has 1 atom stereocenters. The minimum atomic E-state index is -0.182. The highest BCUT2D eigenvalue weighted by atomic mass is 32.2. The monoisotopic (exact) mass is 378 g/mol. The van der Waals surface area contributed by atoms with Crippen molar-refractivity contribution in [1.29, 1.82) is 0 Å². The van der Waals surface area contributed by atoms with Crippen LogP contribution in [0, 0.1) is 5.82 Å². The molecule has 140 valence electrons. The molecule has 0 amide bonds. The Balaban J connectivity index is 1.54. The molecule has 2 aromatic rings. The molecular formula is C18H23FN4O2S. The van der Waals surface area contributed by atoms with Crippen molar-refractivity contribution in [2.45, 2.75) is 36.4 Å². The Morgan fingerprint density at radius 2 is 2.00 bits per heavy atom. The smallest absolute Gasteiger partial charge is 0.228 e. The van der Waals surface area contributed by atoms with Gasteiger partial charge in [0, 0.05) is 25.4 Å². The molecule has 1 aromatic carbocycles. The number of rotatable bonds is 6. The van der Waals surface area contributed by atoms with Gasteiger partial charge in [-0.05, 0) is 24.5 Å². The number of hydrogen-bond donors (Lipinski definition) is 0. The van der Waals surface area contributed by atoms with Crippen LogP contribution in [0.4, 0.5) is 10.3 Å². The number of benzene rings is 1. The van der Waals surface area contributed by atoms with Gasteiger partial charge in [0.1, 0.15) is 5.82 Å². The van der Waals surface area contributed by atoms with Crippen LogP contribution in [-0.2, 0) is 21.8 Å². The zero-order valence-electron chi connectivity index (χ0n) is 14.6. The van der Waals surface area contributed by atoms with Crippen LogP contribution in [0.25, 0.3) is 0 Å². The summed E-state index contributed by atoms with van der Waals surface area (Å²) in [6.45, 7) is 4.56. The number of aromatic nitrogens is 3. The van der Waals surface area contributed by atoms with E-state index in [-0.39, 0.29) is 11.9 Å². The lowest BCUT2D eigenvalue weighted by Crippen LogP contribution is -2.38. The highest BCUT2D eigenvalue weighted by molar-refractivity contribution is 7.98. The summed E-state index contributed by atoms with van der Waals surface area (Å²) >= 11 is 1.52. The second kappa shape index (κ2) is 8.37. The van der Waals surface area contributed by atoms with E-state index in [4.69, 9.17) is 9.47 Å². The third-order valence-corrected chi connectivity index (χ3v) is 5.73. The zero-order chi connectivity index (χ0) is 17.8. The molecule has 8 heteroatoms. The fraction of sp³-hybridized carbons (Fsp3) is 0.556. The first-order chi connectivity index (χ1) is 12.8. The zero-order valence-corrected chi connectivity index (χ0v) is 15.5. The van der Waals surface area contributed by atoms with Gasteiger partial charge in [0.15, 0.2) is 5.16 Å². The summed E-state index contributed by atoms with van der Waals surface area (Å²) in [5.74, 6) is 1.21. The first-order valence-electron chi connectivity index (χ1n) is 9.05. The van der Waals surface area contributed by atoms with E-state index in [1.54, 1.807) is 6.07 Å². The van der Waals surface area contributed by atoms with Gasteiger partial charge in [0.05, 0.1) is 25.9 Å². The van der Waals surface area contributed by atoms with Gasteiger partial charge in [0.2, 0.25) is 5.95 Å². The van der Waals surface area contributed by atoms with Crippen LogP contribution < -0.4 is 4.90 Å². The number of anilines is 1. The van der Waals surface area contributed by atoms with E-state index in [1.807, 2.05) is 12.1 Å². The van der Waals surface area contributed by atoms with Crippen LogP contribution in [0.5, 0.6) is 0 Å². The second-order valence-corrected chi connectivity index (χ2v) is 7.45. The number of ether oxygens (including phenoxy) is 2. The van der Waals surface area contributed by atoms with E-state index in [2.05, 4.69) is 19.7 Å². The number of halogens is 1. The molecule has 0 aliphatic carbocycles. The lowest BCUT2D eigenvalue weighted by molar-refractivity contribution is 0.0942. The molecular weight excluding hydrogens is 355 g/mol. The van der Waals surface area contributed by atoms with Gasteiger partial charge in [-0.2, -0.15) is 0 Å². The first kappa shape index (κ1) is 17.8. The average Bonchev–Trinajstić information content (AvgIpc) is 3.32. The van der Waals surface area contributed by atoms with Crippen molar-refractivity contribution in [2.75, 3.05) is 37.8 Å². The molecule has 2 fully saturated rings. The minimum Gasteiger partial charge on any atom is -0.378 e. The van der Waals surface area contributed by atoms with Crippen molar-refractivity contribution < 1.29 is 13.9 Å².